The molecule has 2 aliphatic rings. The predicted molar refractivity (Wildman–Crippen MR) is 130 cm³/mol. The van der Waals surface area contributed by atoms with Gasteiger partial charge in [-0.05, 0) is 41.8 Å². The number of piperazine rings is 2. The van der Waals surface area contributed by atoms with E-state index in [2.05, 4.69) is 76.9 Å². The number of carbonyl (C=O) groups excluding carboxylic acids is 1. The number of hydrogen-bond acceptors (Lipinski definition) is 6. The predicted octanol–water partition coefficient (Wildman–Crippen LogP) is 2.88. The zero-order valence-electron chi connectivity index (χ0n) is 19.9. The minimum Gasteiger partial charge on any atom is -0.353 e. The molecule has 0 radical (unpaired) electrons. The number of amides is 1. The van der Waals surface area contributed by atoms with Crippen LogP contribution in [0.3, 0.4) is 0 Å². The Morgan fingerprint density at radius 1 is 0.781 bits per heavy atom. The van der Waals surface area contributed by atoms with E-state index in [4.69, 9.17) is 0 Å². The summed E-state index contributed by atoms with van der Waals surface area (Å²) in [5.74, 6) is 1.96. The van der Waals surface area contributed by atoms with Crippen molar-refractivity contribution in [2.45, 2.75) is 33.1 Å². The topological polar surface area (TPSA) is 55.8 Å². The number of hydrogen-bond donors (Lipinski definition) is 0. The third-order valence-corrected chi connectivity index (χ3v) is 6.67. The zero-order chi connectivity index (χ0) is 22.7. The second-order valence-corrected chi connectivity index (χ2v) is 9.78. The van der Waals surface area contributed by atoms with Crippen molar-refractivity contribution in [2.75, 3.05) is 68.7 Å². The van der Waals surface area contributed by atoms with Gasteiger partial charge in [0.1, 0.15) is 0 Å². The molecule has 172 valence electrons. The molecule has 0 unspecified atom stereocenters. The second kappa shape index (κ2) is 9.45. The van der Waals surface area contributed by atoms with E-state index in [-0.39, 0.29) is 11.3 Å². The van der Waals surface area contributed by atoms with Gasteiger partial charge in [-0.2, -0.15) is 0 Å². The normalized spacial score (nSPS) is 18.2. The molecule has 1 amide bonds. The maximum Gasteiger partial charge on any atom is 0.253 e. The summed E-state index contributed by atoms with van der Waals surface area (Å²) in [4.78, 5) is 21.9. The number of likely N-dealkylation sites (N-methyl/N-ethyl adjacent to an activating group) is 1. The fourth-order valence-corrected chi connectivity index (χ4v) is 4.38. The third kappa shape index (κ3) is 5.04. The molecule has 2 aromatic rings. The Morgan fingerprint density at radius 3 is 1.72 bits per heavy atom. The molecule has 0 spiro atoms. The second-order valence-electron chi connectivity index (χ2n) is 9.78. The number of nitrogens with zero attached hydrogens (tertiary/aromatic N) is 6. The van der Waals surface area contributed by atoms with Crippen molar-refractivity contribution >= 4 is 17.5 Å². The van der Waals surface area contributed by atoms with Gasteiger partial charge in [0.15, 0.2) is 11.6 Å². The lowest BCUT2D eigenvalue weighted by molar-refractivity contribution is 0.0746. The van der Waals surface area contributed by atoms with E-state index < -0.39 is 0 Å². The molecule has 0 bridgehead atoms. The number of anilines is 2. The Bertz CT molecular complexity index is 890. The molecule has 3 heterocycles. The highest BCUT2D eigenvalue weighted by molar-refractivity contribution is 5.94. The highest BCUT2D eigenvalue weighted by Gasteiger charge is 2.24. The summed E-state index contributed by atoms with van der Waals surface area (Å²) in [6, 6.07) is 12.2. The zero-order valence-corrected chi connectivity index (χ0v) is 19.9. The third-order valence-electron chi connectivity index (χ3n) is 6.67. The first-order valence-corrected chi connectivity index (χ1v) is 11.8. The lowest BCUT2D eigenvalue weighted by Crippen LogP contribution is -2.49. The average molecular weight is 437 g/mol. The minimum absolute atomic E-state index is 0.0909. The van der Waals surface area contributed by atoms with E-state index in [0.29, 0.717) is 13.1 Å². The van der Waals surface area contributed by atoms with Crippen LogP contribution < -0.4 is 9.80 Å². The number of rotatable bonds is 4. The number of aromatic nitrogens is 2. The molecule has 1 aromatic heterocycles. The summed E-state index contributed by atoms with van der Waals surface area (Å²) < 4.78 is 0. The standard InChI is InChI=1S/C25H36N6O/c1-5-28-12-14-29(15-13-28)22-10-11-23(27-26-22)30-16-18-31(19-17-30)24(32)20-6-8-21(9-7-20)25(2,3)4/h6-11H,5,12-19H2,1-4H3. The summed E-state index contributed by atoms with van der Waals surface area (Å²) >= 11 is 0. The van der Waals surface area contributed by atoms with Gasteiger partial charge in [0.05, 0.1) is 0 Å². The molecule has 0 saturated carbocycles. The smallest absolute Gasteiger partial charge is 0.253 e. The Hall–Kier alpha value is -2.67. The van der Waals surface area contributed by atoms with Crippen LogP contribution in [0.4, 0.5) is 11.6 Å². The van der Waals surface area contributed by atoms with E-state index in [1.54, 1.807) is 0 Å². The van der Waals surface area contributed by atoms with Gasteiger partial charge in [-0.3, -0.25) is 4.79 Å². The van der Waals surface area contributed by atoms with Crippen LogP contribution in [-0.2, 0) is 5.41 Å². The molecular formula is C25H36N6O. The van der Waals surface area contributed by atoms with Crippen molar-refractivity contribution in [3.63, 3.8) is 0 Å². The van der Waals surface area contributed by atoms with E-state index in [9.17, 15) is 4.79 Å². The highest BCUT2D eigenvalue weighted by atomic mass is 16.2. The van der Waals surface area contributed by atoms with Crippen molar-refractivity contribution in [2.24, 2.45) is 0 Å². The van der Waals surface area contributed by atoms with Gasteiger partial charge in [-0.1, -0.05) is 39.8 Å². The monoisotopic (exact) mass is 436 g/mol. The molecule has 0 aliphatic carbocycles. The Morgan fingerprint density at radius 2 is 1.28 bits per heavy atom. The summed E-state index contributed by atoms with van der Waals surface area (Å²) in [7, 11) is 0. The molecular weight excluding hydrogens is 400 g/mol. The molecule has 0 N–H and O–H groups in total. The largest absolute Gasteiger partial charge is 0.353 e. The fourth-order valence-electron chi connectivity index (χ4n) is 4.38. The van der Waals surface area contributed by atoms with Gasteiger partial charge in [-0.15, -0.1) is 10.2 Å². The van der Waals surface area contributed by atoms with Gasteiger partial charge in [-0.25, -0.2) is 0 Å². The summed E-state index contributed by atoms with van der Waals surface area (Å²) in [5.41, 5.74) is 2.10. The van der Waals surface area contributed by atoms with E-state index in [1.807, 2.05) is 17.0 Å². The summed E-state index contributed by atoms with van der Waals surface area (Å²) in [6.45, 7) is 17.0. The van der Waals surface area contributed by atoms with Crippen LogP contribution in [0, 0.1) is 0 Å². The SMILES string of the molecule is CCN1CCN(c2ccc(N3CCN(C(=O)c4ccc(C(C)(C)C)cc4)CC3)nn2)CC1. The first kappa shape index (κ1) is 22.5. The molecule has 2 fully saturated rings. The highest BCUT2D eigenvalue weighted by Crippen LogP contribution is 2.23. The van der Waals surface area contributed by atoms with Crippen molar-refractivity contribution in [3.05, 3.63) is 47.5 Å². The van der Waals surface area contributed by atoms with Gasteiger partial charge < -0.3 is 19.6 Å². The van der Waals surface area contributed by atoms with Crippen molar-refractivity contribution in [1.82, 2.24) is 20.0 Å². The Balaban J connectivity index is 1.31. The minimum atomic E-state index is 0.0909. The molecule has 2 aliphatic heterocycles. The van der Waals surface area contributed by atoms with Gasteiger partial charge >= 0.3 is 0 Å². The molecule has 1 aromatic carbocycles. The van der Waals surface area contributed by atoms with Crippen LogP contribution in [0.1, 0.15) is 43.6 Å². The lowest BCUT2D eigenvalue weighted by Gasteiger charge is -2.36. The molecule has 32 heavy (non-hydrogen) atoms. The van der Waals surface area contributed by atoms with E-state index in [0.717, 1.165) is 63.0 Å². The quantitative estimate of drug-likeness (QED) is 0.735. The van der Waals surface area contributed by atoms with Crippen LogP contribution in [0.25, 0.3) is 0 Å². The fraction of sp³-hybridized carbons (Fsp3) is 0.560. The molecule has 0 atom stereocenters. The first-order chi connectivity index (χ1) is 15.3. The summed E-state index contributed by atoms with van der Waals surface area (Å²) in [6.07, 6.45) is 0. The average Bonchev–Trinajstić information content (AvgIpc) is 2.83. The summed E-state index contributed by atoms with van der Waals surface area (Å²) in [5, 5.41) is 8.99. The van der Waals surface area contributed by atoms with Crippen LogP contribution in [0.15, 0.2) is 36.4 Å². The Labute approximate surface area is 192 Å². The van der Waals surface area contributed by atoms with Crippen molar-refractivity contribution in [1.29, 1.82) is 0 Å². The maximum absolute atomic E-state index is 12.9. The van der Waals surface area contributed by atoms with Gasteiger partial charge in [0.25, 0.3) is 5.91 Å². The molecule has 7 nitrogen and oxygen atoms in total. The molecule has 7 heteroatoms. The van der Waals surface area contributed by atoms with Gasteiger partial charge in [0, 0.05) is 57.9 Å². The number of benzene rings is 1. The van der Waals surface area contributed by atoms with Gasteiger partial charge in [0.2, 0.25) is 0 Å². The number of carbonyl (C=O) groups is 1. The van der Waals surface area contributed by atoms with E-state index >= 15 is 0 Å². The molecule has 4 rings (SSSR count). The van der Waals surface area contributed by atoms with E-state index in [1.165, 1.54) is 5.56 Å². The van der Waals surface area contributed by atoms with Crippen LogP contribution in [0.5, 0.6) is 0 Å². The van der Waals surface area contributed by atoms with Crippen molar-refractivity contribution in [3.8, 4) is 0 Å². The first-order valence-electron chi connectivity index (χ1n) is 11.8. The van der Waals surface area contributed by atoms with Crippen LogP contribution in [0.2, 0.25) is 0 Å². The van der Waals surface area contributed by atoms with Crippen molar-refractivity contribution < 1.29 is 4.79 Å². The lowest BCUT2D eigenvalue weighted by atomic mass is 9.86. The molecule has 2 saturated heterocycles. The van der Waals surface area contributed by atoms with Crippen LogP contribution in [-0.4, -0.2) is 84.8 Å². The van der Waals surface area contributed by atoms with Crippen LogP contribution >= 0.6 is 0 Å². The maximum atomic E-state index is 12.9. The Kier molecular flexibility index (Phi) is 6.65.